The lowest BCUT2D eigenvalue weighted by Gasteiger charge is -2.72. The molecule has 4 saturated carbocycles. The van der Waals surface area contributed by atoms with Crippen molar-refractivity contribution >= 4 is 5.97 Å². The highest BCUT2D eigenvalue weighted by atomic mass is 16.7. The molecule has 0 radical (unpaired) electrons. The Morgan fingerprint density at radius 1 is 0.891 bits per heavy atom. The first-order valence-electron chi connectivity index (χ1n) is 20.8. The Labute approximate surface area is 326 Å². The smallest absolute Gasteiger partial charge is 0.310 e. The molecule has 1 saturated heterocycles. The second kappa shape index (κ2) is 14.7. The number of aliphatic hydroxyl groups is 5. The fraction of sp³-hybridized carbons (Fsp3) is 0.795. The van der Waals surface area contributed by atoms with Crippen LogP contribution < -0.4 is 5.32 Å². The van der Waals surface area contributed by atoms with E-state index in [9.17, 15) is 35.4 Å². The number of carboxylic acids is 1. The molecule has 5 aliphatic carbocycles. The number of fused-ring (bicyclic) bond motifs is 7. The van der Waals surface area contributed by atoms with Gasteiger partial charge in [-0.05, 0) is 115 Å². The van der Waals surface area contributed by atoms with Crippen LogP contribution in [0.25, 0.3) is 0 Å². The molecule has 1 aromatic carbocycles. The Bertz CT molecular complexity index is 1600. The summed E-state index contributed by atoms with van der Waals surface area (Å²) in [5, 5.41) is 67.8. The minimum atomic E-state index is -1.48. The van der Waals surface area contributed by atoms with Crippen molar-refractivity contribution in [3.8, 4) is 0 Å². The van der Waals surface area contributed by atoms with Crippen LogP contribution in [-0.2, 0) is 32.2 Å². The lowest BCUT2D eigenvalue weighted by molar-refractivity contribution is -0.332. The molecule has 0 aromatic heterocycles. The molecular formula is C44H67NO10. The van der Waals surface area contributed by atoms with Gasteiger partial charge in [0.25, 0.3) is 0 Å². The summed E-state index contributed by atoms with van der Waals surface area (Å²) in [6.45, 7) is 12.1. The highest BCUT2D eigenvalue weighted by molar-refractivity contribution is 5.76. The molecule has 7 rings (SSSR count). The highest BCUT2D eigenvalue weighted by Crippen LogP contribution is 2.76. The van der Waals surface area contributed by atoms with E-state index in [1.165, 1.54) is 5.57 Å². The number of rotatable bonds is 10. The number of allylic oxidation sites excluding steroid dienone is 2. The number of ether oxygens (including phenoxy) is 3. The van der Waals surface area contributed by atoms with Crippen molar-refractivity contribution in [1.82, 2.24) is 5.32 Å². The Hall–Kier alpha value is -1.93. The van der Waals surface area contributed by atoms with E-state index in [2.05, 4.69) is 70.3 Å². The van der Waals surface area contributed by atoms with Crippen molar-refractivity contribution in [2.24, 2.45) is 50.2 Å². The molecule has 11 nitrogen and oxygen atoms in total. The fourth-order valence-corrected chi connectivity index (χ4v) is 13.4. The third kappa shape index (κ3) is 6.38. The largest absolute Gasteiger partial charge is 0.481 e. The molecule has 1 aromatic rings. The minimum Gasteiger partial charge on any atom is -0.481 e. The molecule has 1 heterocycles. The van der Waals surface area contributed by atoms with Crippen LogP contribution in [0.1, 0.15) is 104 Å². The zero-order valence-electron chi connectivity index (χ0n) is 33.8. The van der Waals surface area contributed by atoms with E-state index >= 15 is 0 Å². The van der Waals surface area contributed by atoms with Crippen LogP contribution in [0.2, 0.25) is 0 Å². The van der Waals surface area contributed by atoms with Gasteiger partial charge in [0.15, 0.2) is 6.29 Å². The maximum absolute atomic E-state index is 13.2. The summed E-state index contributed by atoms with van der Waals surface area (Å²) in [6.07, 6.45) is 2.36. The average Bonchev–Trinajstić information content (AvgIpc) is 3.16. The number of benzene rings is 1. The van der Waals surface area contributed by atoms with Crippen LogP contribution in [0.15, 0.2) is 35.9 Å². The molecule has 7 N–H and O–H groups in total. The lowest BCUT2D eigenvalue weighted by Crippen LogP contribution is -2.69. The number of nitrogens with one attached hydrogen (secondary N) is 1. The molecule has 0 bridgehead atoms. The van der Waals surface area contributed by atoms with Gasteiger partial charge in [-0.15, -0.1) is 0 Å². The molecule has 15 unspecified atom stereocenters. The van der Waals surface area contributed by atoms with E-state index in [1.54, 1.807) is 0 Å². The minimum absolute atomic E-state index is 0.0117. The van der Waals surface area contributed by atoms with Crippen molar-refractivity contribution in [3.05, 3.63) is 47.0 Å². The fourth-order valence-electron chi connectivity index (χ4n) is 13.4. The van der Waals surface area contributed by atoms with Crippen LogP contribution in [0.4, 0.5) is 0 Å². The van der Waals surface area contributed by atoms with Crippen molar-refractivity contribution in [2.45, 2.75) is 142 Å². The Kier molecular flexibility index (Phi) is 11.0. The number of aliphatic carboxylic acids is 1. The van der Waals surface area contributed by atoms with E-state index in [1.807, 2.05) is 7.05 Å². The van der Waals surface area contributed by atoms with Gasteiger partial charge in [0.2, 0.25) is 0 Å². The van der Waals surface area contributed by atoms with E-state index in [4.69, 9.17) is 14.2 Å². The van der Waals surface area contributed by atoms with Gasteiger partial charge in [-0.25, -0.2) is 0 Å². The second-order valence-electron chi connectivity index (χ2n) is 19.9. The summed E-state index contributed by atoms with van der Waals surface area (Å²) in [4.78, 5) is 13.2. The van der Waals surface area contributed by atoms with E-state index < -0.39 is 53.6 Å². The molecule has 0 spiro atoms. The molecule has 5 fully saturated rings. The normalized spacial score (nSPS) is 48.1. The van der Waals surface area contributed by atoms with E-state index in [0.29, 0.717) is 38.7 Å². The predicted molar refractivity (Wildman–Crippen MR) is 205 cm³/mol. The monoisotopic (exact) mass is 769 g/mol. The van der Waals surface area contributed by atoms with Crippen LogP contribution in [0, 0.1) is 50.2 Å². The molecule has 308 valence electrons. The first-order valence-corrected chi connectivity index (χ1v) is 20.8. The number of aliphatic hydroxyl groups excluding tert-OH is 5. The van der Waals surface area contributed by atoms with Crippen LogP contribution in [-0.4, -0.2) is 100 Å². The number of hydrogen-bond donors (Lipinski definition) is 7. The second-order valence-corrected chi connectivity index (χ2v) is 19.9. The molecule has 0 amide bonds. The molecule has 6 aliphatic rings. The topological polar surface area (TPSA) is 178 Å². The van der Waals surface area contributed by atoms with Gasteiger partial charge in [-0.1, -0.05) is 70.5 Å². The summed E-state index contributed by atoms with van der Waals surface area (Å²) in [6, 6.07) is 8.28. The van der Waals surface area contributed by atoms with Gasteiger partial charge in [-0.3, -0.25) is 4.79 Å². The Morgan fingerprint density at radius 3 is 2.24 bits per heavy atom. The SMILES string of the molecule is CNCc1ccc(COC2CC3(C)C(CCC4(C)C3CC=C3C5CC(C)(CO)CCC5(C(=O)O)CCC34C)C(C)(CO)C2OC2OCC(O)C(O)C2O)cc1. The Balaban J connectivity index is 1.26. The molecule has 1 aliphatic heterocycles. The number of carbonyl (C=O) groups is 1. The molecule has 55 heavy (non-hydrogen) atoms. The van der Waals surface area contributed by atoms with Crippen LogP contribution in [0.5, 0.6) is 0 Å². The van der Waals surface area contributed by atoms with Gasteiger partial charge in [0.05, 0.1) is 37.4 Å². The van der Waals surface area contributed by atoms with Gasteiger partial charge < -0.3 is 50.2 Å². The first-order chi connectivity index (χ1) is 25.9. The maximum Gasteiger partial charge on any atom is 0.310 e. The number of hydrogen-bond acceptors (Lipinski definition) is 10. The summed E-state index contributed by atoms with van der Waals surface area (Å²) in [7, 11) is 1.92. The van der Waals surface area contributed by atoms with Crippen LogP contribution in [0.3, 0.4) is 0 Å². The maximum atomic E-state index is 13.2. The summed E-state index contributed by atoms with van der Waals surface area (Å²) in [5.74, 6) is -0.621. The average molecular weight is 770 g/mol. The lowest BCUT2D eigenvalue weighted by atomic mass is 9.33. The van der Waals surface area contributed by atoms with Gasteiger partial charge in [0, 0.05) is 18.6 Å². The molecule has 15 atom stereocenters. The third-order valence-corrected chi connectivity index (χ3v) is 16.9. The van der Waals surface area contributed by atoms with Gasteiger partial charge >= 0.3 is 5.97 Å². The van der Waals surface area contributed by atoms with Crippen molar-refractivity contribution in [3.63, 3.8) is 0 Å². The van der Waals surface area contributed by atoms with Crippen molar-refractivity contribution in [1.29, 1.82) is 0 Å². The summed E-state index contributed by atoms with van der Waals surface area (Å²) < 4.78 is 19.4. The summed E-state index contributed by atoms with van der Waals surface area (Å²) in [5.41, 5.74) is 0.779. The number of carboxylic acid groups (broad SMARTS) is 1. The van der Waals surface area contributed by atoms with Crippen LogP contribution >= 0.6 is 0 Å². The molecule has 11 heteroatoms. The van der Waals surface area contributed by atoms with Gasteiger partial charge in [0.1, 0.15) is 18.3 Å². The molecular weight excluding hydrogens is 702 g/mol. The highest BCUT2D eigenvalue weighted by Gasteiger charge is 2.71. The van der Waals surface area contributed by atoms with Crippen molar-refractivity contribution < 1.29 is 49.6 Å². The van der Waals surface area contributed by atoms with E-state index in [0.717, 1.165) is 43.4 Å². The quantitative estimate of drug-likeness (QED) is 0.131. The predicted octanol–water partition coefficient (Wildman–Crippen LogP) is 4.56. The zero-order valence-corrected chi connectivity index (χ0v) is 33.8. The van der Waals surface area contributed by atoms with E-state index in [-0.39, 0.29) is 59.2 Å². The zero-order chi connectivity index (χ0) is 39.8. The first kappa shape index (κ1) is 41.2. The Morgan fingerprint density at radius 2 is 1.58 bits per heavy atom. The van der Waals surface area contributed by atoms with Gasteiger partial charge in [-0.2, -0.15) is 0 Å². The van der Waals surface area contributed by atoms with Crippen molar-refractivity contribution in [2.75, 3.05) is 26.9 Å². The summed E-state index contributed by atoms with van der Waals surface area (Å²) >= 11 is 0. The standard InChI is InChI=1S/C44H67NO10/c1-39(24-46)15-17-44(38(51)52)18-16-42(4)28(29(44)19-39)11-12-33-40(2)20-31(53-22-27-9-7-26(8-10-27)21-45-6)36(55-37-35(50)34(49)30(48)23-54-37)41(3,25-47)32(40)13-14-43(33,42)5/h7-11,29-37,45-50H,12-25H2,1-6H3,(H,51,52). The third-order valence-electron chi connectivity index (χ3n) is 16.9.